The van der Waals surface area contributed by atoms with Crippen molar-refractivity contribution in [1.29, 1.82) is 0 Å². The van der Waals surface area contributed by atoms with E-state index in [9.17, 15) is 9.59 Å². The number of rotatable bonds is 10. The molecule has 0 aliphatic rings. The Morgan fingerprint density at radius 3 is 2.50 bits per heavy atom. The summed E-state index contributed by atoms with van der Waals surface area (Å²) in [5.74, 6) is 0.227. The molecule has 106 valence electrons. The SMILES string of the molecule is CCCC(CCN)CCC(=O)NCCC(=O)OC. The smallest absolute Gasteiger partial charge is 0.307 e. The molecule has 0 rings (SSSR count). The summed E-state index contributed by atoms with van der Waals surface area (Å²) in [5.41, 5.74) is 5.54. The van der Waals surface area contributed by atoms with Crippen molar-refractivity contribution in [3.05, 3.63) is 0 Å². The molecule has 1 atom stereocenters. The molecular weight excluding hydrogens is 232 g/mol. The number of hydrogen-bond acceptors (Lipinski definition) is 4. The monoisotopic (exact) mass is 258 g/mol. The second-order valence-corrected chi connectivity index (χ2v) is 4.45. The number of methoxy groups -OCH3 is 1. The van der Waals surface area contributed by atoms with Crippen molar-refractivity contribution in [2.24, 2.45) is 11.7 Å². The molecule has 0 aromatic carbocycles. The Hall–Kier alpha value is -1.10. The summed E-state index contributed by atoms with van der Waals surface area (Å²) in [7, 11) is 1.34. The van der Waals surface area contributed by atoms with Gasteiger partial charge in [0.2, 0.25) is 5.91 Å². The van der Waals surface area contributed by atoms with Gasteiger partial charge in [0.25, 0.3) is 0 Å². The molecule has 0 spiro atoms. The Kier molecular flexibility index (Phi) is 10.3. The molecule has 0 aromatic heterocycles. The van der Waals surface area contributed by atoms with Gasteiger partial charge in [-0.15, -0.1) is 0 Å². The first-order chi connectivity index (χ1) is 8.63. The van der Waals surface area contributed by atoms with Crippen LogP contribution in [0.25, 0.3) is 0 Å². The zero-order valence-corrected chi connectivity index (χ0v) is 11.5. The number of hydrogen-bond donors (Lipinski definition) is 2. The van der Waals surface area contributed by atoms with E-state index in [0.717, 1.165) is 25.7 Å². The summed E-state index contributed by atoms with van der Waals surface area (Å²) < 4.78 is 4.49. The van der Waals surface area contributed by atoms with Crippen LogP contribution in [0, 0.1) is 5.92 Å². The van der Waals surface area contributed by atoms with E-state index in [4.69, 9.17) is 5.73 Å². The van der Waals surface area contributed by atoms with Crippen molar-refractivity contribution in [3.63, 3.8) is 0 Å². The largest absolute Gasteiger partial charge is 0.469 e. The molecule has 18 heavy (non-hydrogen) atoms. The predicted octanol–water partition coefficient (Wildman–Crippen LogP) is 1.21. The number of nitrogens with one attached hydrogen (secondary N) is 1. The van der Waals surface area contributed by atoms with Crippen molar-refractivity contribution in [2.45, 2.75) is 45.4 Å². The highest BCUT2D eigenvalue weighted by Gasteiger charge is 2.10. The van der Waals surface area contributed by atoms with Crippen molar-refractivity contribution >= 4 is 11.9 Å². The quantitative estimate of drug-likeness (QED) is 0.577. The van der Waals surface area contributed by atoms with Gasteiger partial charge in [-0.1, -0.05) is 19.8 Å². The van der Waals surface area contributed by atoms with E-state index < -0.39 is 0 Å². The van der Waals surface area contributed by atoms with Gasteiger partial charge >= 0.3 is 5.97 Å². The molecule has 0 aliphatic heterocycles. The van der Waals surface area contributed by atoms with Gasteiger partial charge in [-0.3, -0.25) is 9.59 Å². The molecule has 0 saturated heterocycles. The van der Waals surface area contributed by atoms with Gasteiger partial charge in [-0.25, -0.2) is 0 Å². The zero-order chi connectivity index (χ0) is 13.8. The number of ether oxygens (including phenoxy) is 1. The first-order valence-corrected chi connectivity index (χ1v) is 6.67. The molecule has 5 heteroatoms. The summed E-state index contributed by atoms with van der Waals surface area (Å²) in [4.78, 5) is 22.4. The van der Waals surface area contributed by atoms with E-state index in [1.807, 2.05) is 0 Å². The lowest BCUT2D eigenvalue weighted by Crippen LogP contribution is -2.26. The summed E-state index contributed by atoms with van der Waals surface area (Å²) in [6.45, 7) is 3.16. The minimum absolute atomic E-state index is 0.00275. The molecule has 0 radical (unpaired) electrons. The zero-order valence-electron chi connectivity index (χ0n) is 11.5. The Balaban J connectivity index is 3.69. The number of carbonyl (C=O) groups is 2. The van der Waals surface area contributed by atoms with Crippen molar-refractivity contribution < 1.29 is 14.3 Å². The van der Waals surface area contributed by atoms with Crippen molar-refractivity contribution in [3.8, 4) is 0 Å². The summed E-state index contributed by atoms with van der Waals surface area (Å²) in [6, 6.07) is 0. The van der Waals surface area contributed by atoms with Crippen LogP contribution in [-0.4, -0.2) is 32.1 Å². The molecule has 1 amide bonds. The summed E-state index contributed by atoms with van der Waals surface area (Å²) in [5, 5.41) is 2.72. The van der Waals surface area contributed by atoms with Crippen LogP contribution in [0.4, 0.5) is 0 Å². The third kappa shape index (κ3) is 8.98. The van der Waals surface area contributed by atoms with E-state index >= 15 is 0 Å². The maximum Gasteiger partial charge on any atom is 0.307 e. The fraction of sp³-hybridized carbons (Fsp3) is 0.846. The number of esters is 1. The Morgan fingerprint density at radius 1 is 1.22 bits per heavy atom. The van der Waals surface area contributed by atoms with Crippen LogP contribution in [-0.2, 0) is 14.3 Å². The van der Waals surface area contributed by atoms with Gasteiger partial charge in [-0.05, 0) is 25.3 Å². The summed E-state index contributed by atoms with van der Waals surface area (Å²) >= 11 is 0. The van der Waals surface area contributed by atoms with E-state index in [0.29, 0.717) is 25.4 Å². The maximum absolute atomic E-state index is 11.5. The first-order valence-electron chi connectivity index (χ1n) is 6.67. The van der Waals surface area contributed by atoms with Gasteiger partial charge in [0.05, 0.1) is 13.5 Å². The van der Waals surface area contributed by atoms with Gasteiger partial charge in [0.1, 0.15) is 0 Å². The lowest BCUT2D eigenvalue weighted by atomic mass is 9.94. The highest BCUT2D eigenvalue weighted by atomic mass is 16.5. The molecule has 0 aromatic rings. The number of nitrogens with two attached hydrogens (primary N) is 1. The highest BCUT2D eigenvalue weighted by Crippen LogP contribution is 2.16. The maximum atomic E-state index is 11.5. The third-order valence-corrected chi connectivity index (χ3v) is 2.93. The first kappa shape index (κ1) is 16.9. The molecule has 0 bridgehead atoms. The van der Waals surface area contributed by atoms with Crippen LogP contribution in [0.15, 0.2) is 0 Å². The molecule has 1 unspecified atom stereocenters. The van der Waals surface area contributed by atoms with E-state index in [1.54, 1.807) is 0 Å². The van der Waals surface area contributed by atoms with Crippen LogP contribution in [0.3, 0.4) is 0 Å². The van der Waals surface area contributed by atoms with Crippen LogP contribution in [0.2, 0.25) is 0 Å². The van der Waals surface area contributed by atoms with E-state index in [1.165, 1.54) is 7.11 Å². The topological polar surface area (TPSA) is 81.4 Å². The Bertz CT molecular complexity index is 238. The van der Waals surface area contributed by atoms with E-state index in [-0.39, 0.29) is 18.3 Å². The standard InChI is InChI=1S/C13H26N2O3/c1-3-4-11(7-9-14)5-6-12(16)15-10-8-13(17)18-2/h11H,3-10,14H2,1-2H3,(H,15,16). The highest BCUT2D eigenvalue weighted by molar-refractivity contribution is 5.76. The normalized spacial score (nSPS) is 11.9. The number of carbonyl (C=O) groups excluding carboxylic acids is 2. The fourth-order valence-electron chi connectivity index (χ4n) is 1.91. The predicted molar refractivity (Wildman–Crippen MR) is 70.9 cm³/mol. The average molecular weight is 258 g/mol. The Morgan fingerprint density at radius 2 is 1.94 bits per heavy atom. The van der Waals surface area contributed by atoms with Gasteiger partial charge < -0.3 is 15.8 Å². The molecule has 3 N–H and O–H groups in total. The average Bonchev–Trinajstić information content (AvgIpc) is 2.36. The van der Waals surface area contributed by atoms with Crippen LogP contribution < -0.4 is 11.1 Å². The van der Waals surface area contributed by atoms with Crippen LogP contribution in [0.1, 0.15) is 45.4 Å². The molecule has 5 nitrogen and oxygen atoms in total. The van der Waals surface area contributed by atoms with Crippen molar-refractivity contribution in [1.82, 2.24) is 5.32 Å². The van der Waals surface area contributed by atoms with Gasteiger partial charge in [0, 0.05) is 13.0 Å². The minimum Gasteiger partial charge on any atom is -0.469 e. The van der Waals surface area contributed by atoms with Gasteiger partial charge in [0.15, 0.2) is 0 Å². The third-order valence-electron chi connectivity index (χ3n) is 2.93. The summed E-state index contributed by atoms with van der Waals surface area (Å²) in [6.07, 6.45) is 4.81. The van der Waals surface area contributed by atoms with Crippen molar-refractivity contribution in [2.75, 3.05) is 20.2 Å². The molecular formula is C13H26N2O3. The Labute approximate surface area is 109 Å². The lowest BCUT2D eigenvalue weighted by molar-refractivity contribution is -0.140. The molecule has 0 aliphatic carbocycles. The number of amides is 1. The van der Waals surface area contributed by atoms with Gasteiger partial charge in [-0.2, -0.15) is 0 Å². The van der Waals surface area contributed by atoms with Crippen LogP contribution >= 0.6 is 0 Å². The second kappa shape index (κ2) is 11.0. The lowest BCUT2D eigenvalue weighted by Gasteiger charge is -2.14. The second-order valence-electron chi connectivity index (χ2n) is 4.45. The minimum atomic E-state index is -0.303. The molecule has 0 fully saturated rings. The fourth-order valence-corrected chi connectivity index (χ4v) is 1.91. The molecule has 0 heterocycles. The van der Waals surface area contributed by atoms with Crippen LogP contribution in [0.5, 0.6) is 0 Å². The van der Waals surface area contributed by atoms with E-state index in [2.05, 4.69) is 17.0 Å². The molecule has 0 saturated carbocycles.